The van der Waals surface area contributed by atoms with Crippen molar-refractivity contribution in [3.05, 3.63) is 27.7 Å². The molecule has 0 saturated carbocycles. The molecule has 0 atom stereocenters. The number of H-pyrrole nitrogens is 1. The molecule has 0 saturated heterocycles. The van der Waals surface area contributed by atoms with Crippen LogP contribution in [0.1, 0.15) is 0 Å². The van der Waals surface area contributed by atoms with Crippen LogP contribution in [-0.4, -0.2) is 23.6 Å². The molecule has 1 aromatic heterocycles. The Morgan fingerprint density at radius 1 is 1.29 bits per heavy atom. The SMILES string of the molecule is O=S(=O)(Cl)c1nc(-c2cc(Cl)cc(Br)c2)n[nH]1. The van der Waals surface area contributed by atoms with Crippen molar-refractivity contribution in [1.82, 2.24) is 15.2 Å². The maximum Gasteiger partial charge on any atom is 0.296 e. The second kappa shape index (κ2) is 4.56. The van der Waals surface area contributed by atoms with Crippen LogP contribution in [0.3, 0.4) is 0 Å². The van der Waals surface area contributed by atoms with Crippen molar-refractivity contribution in [1.29, 1.82) is 0 Å². The Bertz CT molecular complexity index is 651. The Morgan fingerprint density at radius 3 is 2.53 bits per heavy atom. The first-order chi connectivity index (χ1) is 7.86. The van der Waals surface area contributed by atoms with E-state index in [9.17, 15) is 8.42 Å². The van der Waals surface area contributed by atoms with E-state index in [4.69, 9.17) is 22.3 Å². The fourth-order valence-electron chi connectivity index (χ4n) is 1.17. The second-order valence-electron chi connectivity index (χ2n) is 3.06. The summed E-state index contributed by atoms with van der Waals surface area (Å²) in [5, 5.41) is 6.08. The molecule has 1 aromatic carbocycles. The summed E-state index contributed by atoms with van der Waals surface area (Å²) in [6.07, 6.45) is 0. The molecule has 0 amide bonds. The Kier molecular flexibility index (Phi) is 3.44. The van der Waals surface area contributed by atoms with Crippen LogP contribution in [-0.2, 0) is 9.05 Å². The normalized spacial score (nSPS) is 11.7. The first-order valence-electron chi connectivity index (χ1n) is 4.20. The van der Waals surface area contributed by atoms with Crippen LogP contribution in [0.4, 0.5) is 0 Å². The van der Waals surface area contributed by atoms with Crippen molar-refractivity contribution in [2.24, 2.45) is 0 Å². The number of halogens is 3. The van der Waals surface area contributed by atoms with Crippen LogP contribution in [0.5, 0.6) is 0 Å². The molecule has 0 aliphatic carbocycles. The molecule has 2 rings (SSSR count). The van der Waals surface area contributed by atoms with Crippen LogP contribution in [0, 0.1) is 0 Å². The van der Waals surface area contributed by atoms with Gasteiger partial charge in [-0.05, 0) is 18.2 Å². The van der Waals surface area contributed by atoms with Gasteiger partial charge in [-0.15, -0.1) is 0 Å². The van der Waals surface area contributed by atoms with Crippen molar-refractivity contribution in [3.63, 3.8) is 0 Å². The molecule has 9 heteroatoms. The lowest BCUT2D eigenvalue weighted by Crippen LogP contribution is -1.92. The third-order valence-electron chi connectivity index (χ3n) is 1.82. The molecule has 0 aliphatic heterocycles. The summed E-state index contributed by atoms with van der Waals surface area (Å²) in [5.74, 6) is 0.201. The molecule has 5 nitrogen and oxygen atoms in total. The lowest BCUT2D eigenvalue weighted by atomic mass is 10.2. The number of rotatable bonds is 2. The van der Waals surface area contributed by atoms with Crippen molar-refractivity contribution >= 4 is 47.3 Å². The van der Waals surface area contributed by atoms with Gasteiger partial charge in [0.2, 0.25) is 0 Å². The highest BCUT2D eigenvalue weighted by Gasteiger charge is 2.17. The van der Waals surface area contributed by atoms with E-state index in [2.05, 4.69) is 31.1 Å². The van der Waals surface area contributed by atoms with Crippen molar-refractivity contribution in [2.75, 3.05) is 0 Å². The van der Waals surface area contributed by atoms with Gasteiger partial charge in [-0.25, -0.2) is 13.5 Å². The second-order valence-corrected chi connectivity index (χ2v) is 6.89. The summed E-state index contributed by atoms with van der Waals surface area (Å²) in [5.41, 5.74) is 0.576. The number of nitrogens with zero attached hydrogens (tertiary/aromatic N) is 2. The minimum Gasteiger partial charge on any atom is -0.248 e. The summed E-state index contributed by atoms with van der Waals surface area (Å²) in [7, 11) is 1.21. The molecule has 0 spiro atoms. The lowest BCUT2D eigenvalue weighted by Gasteiger charge is -1.97. The van der Waals surface area contributed by atoms with Crippen LogP contribution in [0.2, 0.25) is 5.02 Å². The third-order valence-corrected chi connectivity index (χ3v) is 3.58. The molecule has 0 unspecified atom stereocenters. The molecule has 0 bridgehead atoms. The summed E-state index contributed by atoms with van der Waals surface area (Å²) in [4.78, 5) is 3.77. The first kappa shape index (κ1) is 12.8. The van der Waals surface area contributed by atoms with Gasteiger partial charge in [0.1, 0.15) is 0 Å². The Hall–Kier alpha value is -0.630. The topological polar surface area (TPSA) is 75.7 Å². The van der Waals surface area contributed by atoms with Crippen molar-refractivity contribution in [3.8, 4) is 11.4 Å². The zero-order chi connectivity index (χ0) is 12.6. The molecular weight excluding hydrogens is 353 g/mol. The monoisotopic (exact) mass is 355 g/mol. The number of aromatic nitrogens is 3. The molecule has 17 heavy (non-hydrogen) atoms. The van der Waals surface area contributed by atoms with Gasteiger partial charge in [0.05, 0.1) is 0 Å². The predicted molar refractivity (Wildman–Crippen MR) is 67.6 cm³/mol. The molecule has 0 radical (unpaired) electrons. The minimum atomic E-state index is -3.91. The highest BCUT2D eigenvalue weighted by molar-refractivity contribution is 9.10. The summed E-state index contributed by atoms with van der Waals surface area (Å²) in [6, 6.07) is 5.01. The standard InChI is InChI=1S/C8H4BrCl2N3O2S/c9-5-1-4(2-6(10)3-5)7-12-8(14-13-7)17(11,15)16/h1-3H,(H,12,13,14). The average Bonchev–Trinajstić information content (AvgIpc) is 2.63. The summed E-state index contributed by atoms with van der Waals surface area (Å²) < 4.78 is 22.8. The van der Waals surface area contributed by atoms with E-state index >= 15 is 0 Å². The van der Waals surface area contributed by atoms with E-state index in [0.717, 1.165) is 4.47 Å². The molecule has 90 valence electrons. The van der Waals surface area contributed by atoms with Gasteiger partial charge in [-0.3, -0.25) is 0 Å². The van der Waals surface area contributed by atoms with E-state index in [1.54, 1.807) is 18.2 Å². The van der Waals surface area contributed by atoms with Crippen molar-refractivity contribution in [2.45, 2.75) is 5.16 Å². The molecule has 1 N–H and O–H groups in total. The van der Waals surface area contributed by atoms with E-state index in [1.807, 2.05) is 0 Å². The Balaban J connectivity index is 2.51. The largest absolute Gasteiger partial charge is 0.296 e. The van der Waals surface area contributed by atoms with Crippen LogP contribution in [0.25, 0.3) is 11.4 Å². The van der Waals surface area contributed by atoms with Gasteiger partial charge in [-0.2, -0.15) is 10.1 Å². The fourth-order valence-corrected chi connectivity index (χ4v) is 2.59. The highest BCUT2D eigenvalue weighted by atomic mass is 79.9. The fraction of sp³-hybridized carbons (Fsp3) is 0. The number of benzene rings is 1. The summed E-state index contributed by atoms with van der Waals surface area (Å²) >= 11 is 9.12. The Labute approximate surface area is 115 Å². The van der Waals surface area contributed by atoms with E-state index in [0.29, 0.717) is 10.6 Å². The molecule has 2 aromatic rings. The lowest BCUT2D eigenvalue weighted by molar-refractivity contribution is 0.602. The third kappa shape index (κ3) is 2.98. The van der Waals surface area contributed by atoms with Gasteiger partial charge in [0.15, 0.2) is 5.82 Å². The van der Waals surface area contributed by atoms with Gasteiger partial charge >= 0.3 is 0 Å². The minimum absolute atomic E-state index is 0.201. The van der Waals surface area contributed by atoms with Gasteiger partial charge in [0.25, 0.3) is 14.2 Å². The van der Waals surface area contributed by atoms with E-state index in [1.165, 1.54) is 0 Å². The van der Waals surface area contributed by atoms with E-state index < -0.39 is 14.2 Å². The van der Waals surface area contributed by atoms with Crippen molar-refractivity contribution < 1.29 is 8.42 Å². The van der Waals surface area contributed by atoms with Gasteiger partial charge in [0, 0.05) is 25.7 Å². The van der Waals surface area contributed by atoms with Gasteiger partial charge < -0.3 is 0 Å². The number of hydrogen-bond acceptors (Lipinski definition) is 4. The van der Waals surface area contributed by atoms with Crippen LogP contribution in [0.15, 0.2) is 27.8 Å². The average molecular weight is 357 g/mol. The number of nitrogens with one attached hydrogen (secondary N) is 1. The van der Waals surface area contributed by atoms with Crippen LogP contribution >= 0.6 is 38.2 Å². The number of aromatic amines is 1. The van der Waals surface area contributed by atoms with E-state index in [-0.39, 0.29) is 5.82 Å². The Morgan fingerprint density at radius 2 is 2.00 bits per heavy atom. The zero-order valence-electron chi connectivity index (χ0n) is 7.99. The molecule has 0 fully saturated rings. The maximum atomic E-state index is 11.0. The smallest absolute Gasteiger partial charge is 0.248 e. The highest BCUT2D eigenvalue weighted by Crippen LogP contribution is 2.25. The molecular formula is C8H4BrCl2N3O2S. The molecule has 0 aliphatic rings. The first-order valence-corrected chi connectivity index (χ1v) is 7.68. The van der Waals surface area contributed by atoms with Crippen LogP contribution < -0.4 is 0 Å². The zero-order valence-corrected chi connectivity index (χ0v) is 11.9. The summed E-state index contributed by atoms with van der Waals surface area (Å²) in [6.45, 7) is 0. The maximum absolute atomic E-state index is 11.0. The predicted octanol–water partition coefficient (Wildman–Crippen LogP) is 2.82. The van der Waals surface area contributed by atoms with Gasteiger partial charge in [-0.1, -0.05) is 27.5 Å². The number of hydrogen-bond donors (Lipinski definition) is 1. The molecule has 1 heterocycles. The quantitative estimate of drug-likeness (QED) is 0.839.